The molecule has 0 aliphatic carbocycles. The number of halogens is 2. The third-order valence-electron chi connectivity index (χ3n) is 6.50. The molecule has 35 heavy (non-hydrogen) atoms. The van der Waals surface area contributed by atoms with Gasteiger partial charge < -0.3 is 15.0 Å². The Morgan fingerprint density at radius 1 is 0.886 bits per heavy atom. The van der Waals surface area contributed by atoms with Crippen molar-refractivity contribution in [2.24, 2.45) is 5.73 Å². The predicted molar refractivity (Wildman–Crippen MR) is 145 cm³/mol. The molecule has 1 atom stereocenters. The topological polar surface area (TPSA) is 57.2 Å². The Morgan fingerprint density at radius 2 is 1.54 bits per heavy atom. The van der Waals surface area contributed by atoms with Crippen molar-refractivity contribution in [3.8, 4) is 16.9 Å². The Labute approximate surface area is 215 Å². The number of nitrogens with two attached hydrogens (primary N) is 1. The van der Waals surface area contributed by atoms with E-state index in [0.29, 0.717) is 39.9 Å². The van der Waals surface area contributed by atoms with Crippen LogP contribution in [-0.2, 0) is 13.0 Å². The molecule has 0 radical (unpaired) electrons. The maximum Gasteiger partial charge on any atom is 0.193 e. The number of nitrogens with zero attached hydrogens (tertiary/aromatic N) is 1. The lowest BCUT2D eigenvalue weighted by atomic mass is 9.93. The molecule has 4 rings (SSSR count). The van der Waals surface area contributed by atoms with Crippen LogP contribution in [-0.4, -0.2) is 11.7 Å². The minimum atomic E-state index is -0.319. The van der Waals surface area contributed by atoms with Gasteiger partial charge in [-0.1, -0.05) is 71.7 Å². The van der Waals surface area contributed by atoms with Gasteiger partial charge in [-0.15, -0.1) is 0 Å². The maximum atomic E-state index is 14.0. The van der Waals surface area contributed by atoms with Gasteiger partial charge in [0.05, 0.1) is 13.7 Å². The summed E-state index contributed by atoms with van der Waals surface area (Å²) in [5.74, 6) is 0.685. The smallest absolute Gasteiger partial charge is 0.193 e. The van der Waals surface area contributed by atoms with Crippen molar-refractivity contribution in [2.75, 3.05) is 7.11 Å². The van der Waals surface area contributed by atoms with Crippen LogP contribution in [0.1, 0.15) is 34.1 Å². The molecule has 0 amide bonds. The van der Waals surface area contributed by atoms with E-state index >= 15 is 0 Å². The van der Waals surface area contributed by atoms with Gasteiger partial charge in [0.15, 0.2) is 5.43 Å². The van der Waals surface area contributed by atoms with Gasteiger partial charge in [-0.3, -0.25) is 4.79 Å². The molecule has 4 aromatic rings. The molecule has 0 aliphatic heterocycles. The van der Waals surface area contributed by atoms with Crippen LogP contribution in [0.2, 0.25) is 10.0 Å². The summed E-state index contributed by atoms with van der Waals surface area (Å²) in [6.45, 7) is 4.34. The number of hydrogen-bond donors (Lipinski definition) is 1. The molecule has 6 heteroatoms. The highest BCUT2D eigenvalue weighted by Crippen LogP contribution is 2.31. The Kier molecular flexibility index (Phi) is 7.66. The highest BCUT2D eigenvalue weighted by Gasteiger charge is 2.22. The third kappa shape index (κ3) is 5.15. The van der Waals surface area contributed by atoms with Crippen molar-refractivity contribution in [2.45, 2.75) is 32.9 Å². The molecule has 0 fully saturated rings. The van der Waals surface area contributed by atoms with E-state index in [2.05, 4.69) is 4.57 Å². The zero-order valence-electron chi connectivity index (χ0n) is 20.0. The zero-order chi connectivity index (χ0) is 25.1. The fraction of sp³-hybridized carbons (Fsp3) is 0.207. The van der Waals surface area contributed by atoms with Gasteiger partial charge in [0.2, 0.25) is 0 Å². The maximum absolute atomic E-state index is 14.0. The average Bonchev–Trinajstić information content (AvgIpc) is 2.86. The molecule has 0 spiro atoms. The second-order valence-electron chi connectivity index (χ2n) is 8.59. The first-order valence-corrected chi connectivity index (χ1v) is 12.2. The standard InChI is InChI=1S/C29H28Cl2N2O2/c1-18-23(16-27(32)20-9-5-4-6-10-20)29(34)28(21-11-7-12-22(15-21)35-3)19(2)33(18)17-24-25(30)13-8-14-26(24)31/h4-15,27H,16-17,32H2,1-3H3. The normalized spacial score (nSPS) is 11.9. The summed E-state index contributed by atoms with van der Waals surface area (Å²) in [5.41, 5.74) is 12.1. The number of rotatable bonds is 7. The van der Waals surface area contributed by atoms with Crippen LogP contribution in [0.3, 0.4) is 0 Å². The summed E-state index contributed by atoms with van der Waals surface area (Å²) in [4.78, 5) is 14.0. The lowest BCUT2D eigenvalue weighted by Gasteiger charge is -2.24. The zero-order valence-corrected chi connectivity index (χ0v) is 21.5. The Hall–Kier alpha value is -3.05. The van der Waals surface area contributed by atoms with Crippen molar-refractivity contribution in [1.82, 2.24) is 4.57 Å². The lowest BCUT2D eigenvalue weighted by molar-refractivity contribution is 0.415. The molecule has 1 aromatic heterocycles. The molecule has 0 aliphatic rings. The number of hydrogen-bond acceptors (Lipinski definition) is 3. The van der Waals surface area contributed by atoms with Crippen molar-refractivity contribution in [1.29, 1.82) is 0 Å². The Morgan fingerprint density at radius 3 is 2.20 bits per heavy atom. The lowest BCUT2D eigenvalue weighted by Crippen LogP contribution is -2.26. The summed E-state index contributed by atoms with van der Waals surface area (Å²) in [6, 6.07) is 22.5. The average molecular weight is 507 g/mol. The van der Waals surface area contributed by atoms with Crippen LogP contribution in [0.5, 0.6) is 5.75 Å². The van der Waals surface area contributed by atoms with Gasteiger partial charge in [0.1, 0.15) is 5.75 Å². The van der Waals surface area contributed by atoms with Crippen LogP contribution in [0.25, 0.3) is 11.1 Å². The first-order valence-electron chi connectivity index (χ1n) is 11.4. The van der Waals surface area contributed by atoms with Crippen LogP contribution >= 0.6 is 23.2 Å². The highest BCUT2D eigenvalue weighted by atomic mass is 35.5. The van der Waals surface area contributed by atoms with Gasteiger partial charge in [0.25, 0.3) is 0 Å². The molecule has 0 bridgehead atoms. The van der Waals surface area contributed by atoms with Crippen LogP contribution < -0.4 is 15.9 Å². The monoisotopic (exact) mass is 506 g/mol. The first kappa shape index (κ1) is 25.1. The van der Waals surface area contributed by atoms with E-state index in [1.807, 2.05) is 86.6 Å². The molecule has 4 nitrogen and oxygen atoms in total. The van der Waals surface area contributed by atoms with Gasteiger partial charge in [-0.05, 0) is 55.7 Å². The van der Waals surface area contributed by atoms with E-state index in [4.69, 9.17) is 33.7 Å². The summed E-state index contributed by atoms with van der Waals surface area (Å²) < 4.78 is 7.53. The Balaban J connectivity index is 1.93. The minimum absolute atomic E-state index is 0.0267. The summed E-state index contributed by atoms with van der Waals surface area (Å²) in [6.07, 6.45) is 0.405. The Bertz CT molecular complexity index is 1390. The summed E-state index contributed by atoms with van der Waals surface area (Å²) in [5, 5.41) is 1.17. The SMILES string of the molecule is COc1cccc(-c2c(C)n(Cc3c(Cl)cccc3Cl)c(C)c(CC(N)c3ccccc3)c2=O)c1. The molecule has 0 saturated heterocycles. The van der Waals surface area contributed by atoms with Gasteiger partial charge >= 0.3 is 0 Å². The van der Waals surface area contributed by atoms with Crippen LogP contribution in [0.4, 0.5) is 0 Å². The number of aromatic nitrogens is 1. The van der Waals surface area contributed by atoms with E-state index in [1.54, 1.807) is 7.11 Å². The molecule has 1 heterocycles. The van der Waals surface area contributed by atoms with E-state index in [1.165, 1.54) is 0 Å². The first-order chi connectivity index (χ1) is 16.8. The summed E-state index contributed by atoms with van der Waals surface area (Å²) in [7, 11) is 1.61. The molecule has 2 N–H and O–H groups in total. The quantitative estimate of drug-likeness (QED) is 0.302. The highest BCUT2D eigenvalue weighted by molar-refractivity contribution is 6.36. The van der Waals surface area contributed by atoms with E-state index in [9.17, 15) is 4.79 Å². The largest absolute Gasteiger partial charge is 0.497 e. The third-order valence-corrected chi connectivity index (χ3v) is 7.21. The predicted octanol–water partition coefficient (Wildman–Crippen LogP) is 6.74. The molecular formula is C29H28Cl2N2O2. The van der Waals surface area contributed by atoms with Gasteiger partial charge in [-0.2, -0.15) is 0 Å². The van der Waals surface area contributed by atoms with Gasteiger partial charge in [0, 0.05) is 44.2 Å². The number of methoxy groups -OCH3 is 1. The second-order valence-corrected chi connectivity index (χ2v) is 9.41. The molecular weight excluding hydrogens is 479 g/mol. The van der Waals surface area contributed by atoms with Crippen LogP contribution in [0, 0.1) is 13.8 Å². The van der Waals surface area contributed by atoms with E-state index in [-0.39, 0.29) is 11.5 Å². The molecule has 1 unspecified atom stereocenters. The van der Waals surface area contributed by atoms with Crippen LogP contribution in [0.15, 0.2) is 77.6 Å². The fourth-order valence-corrected chi connectivity index (χ4v) is 5.02. The van der Waals surface area contributed by atoms with Crippen molar-refractivity contribution >= 4 is 23.2 Å². The van der Waals surface area contributed by atoms with E-state index < -0.39 is 0 Å². The summed E-state index contributed by atoms with van der Waals surface area (Å²) >= 11 is 13.0. The van der Waals surface area contributed by atoms with Gasteiger partial charge in [-0.25, -0.2) is 0 Å². The fourth-order valence-electron chi connectivity index (χ4n) is 4.50. The number of ether oxygens (including phenoxy) is 1. The minimum Gasteiger partial charge on any atom is -0.497 e. The number of benzene rings is 3. The molecule has 180 valence electrons. The van der Waals surface area contributed by atoms with E-state index in [0.717, 1.165) is 28.1 Å². The van der Waals surface area contributed by atoms with Crippen molar-refractivity contribution < 1.29 is 4.74 Å². The second kappa shape index (κ2) is 10.7. The molecule has 3 aromatic carbocycles. The number of pyridine rings is 1. The van der Waals surface area contributed by atoms with Crippen molar-refractivity contribution in [3.63, 3.8) is 0 Å². The van der Waals surface area contributed by atoms with Crippen molar-refractivity contribution in [3.05, 3.63) is 121 Å². The molecule has 0 saturated carbocycles.